The number of sulfonamides is 1. The van der Waals surface area contributed by atoms with Crippen molar-refractivity contribution < 1.29 is 13.2 Å². The first-order valence-corrected chi connectivity index (χ1v) is 10.8. The minimum absolute atomic E-state index is 0.0642. The largest absolute Gasteiger partial charge is 0.379 e. The predicted octanol–water partition coefficient (Wildman–Crippen LogP) is 3.84. The van der Waals surface area contributed by atoms with Gasteiger partial charge in [0.05, 0.1) is 19.0 Å². The van der Waals surface area contributed by atoms with Crippen LogP contribution in [-0.4, -0.2) is 37.7 Å². The van der Waals surface area contributed by atoms with Crippen molar-refractivity contribution in [3.63, 3.8) is 0 Å². The lowest BCUT2D eigenvalue weighted by molar-refractivity contribution is 0.0939. The summed E-state index contributed by atoms with van der Waals surface area (Å²) in [6, 6.07) is 7.39. The zero-order chi connectivity index (χ0) is 17.0. The number of benzene rings is 1. The summed E-state index contributed by atoms with van der Waals surface area (Å²) in [6.45, 7) is 1.16. The Morgan fingerprint density at radius 2 is 2.00 bits per heavy atom. The van der Waals surface area contributed by atoms with Gasteiger partial charge >= 0.3 is 0 Å². The zero-order valence-corrected chi connectivity index (χ0v) is 15.6. The van der Waals surface area contributed by atoms with Crippen molar-refractivity contribution in [1.29, 1.82) is 0 Å². The van der Waals surface area contributed by atoms with E-state index in [2.05, 4.69) is 0 Å². The summed E-state index contributed by atoms with van der Waals surface area (Å²) in [4.78, 5) is 0. The van der Waals surface area contributed by atoms with Gasteiger partial charge in [0.1, 0.15) is 0 Å². The van der Waals surface area contributed by atoms with E-state index in [-0.39, 0.29) is 18.4 Å². The molecule has 2 aliphatic rings. The Kier molecular flexibility index (Phi) is 6.19. The highest BCUT2D eigenvalue weighted by Gasteiger charge is 2.34. The van der Waals surface area contributed by atoms with E-state index >= 15 is 0 Å². The average molecular weight is 372 g/mol. The Labute approximate surface area is 150 Å². The minimum Gasteiger partial charge on any atom is -0.379 e. The van der Waals surface area contributed by atoms with Crippen molar-refractivity contribution in [2.45, 2.75) is 51.1 Å². The number of hydrogen-bond donors (Lipinski definition) is 0. The predicted molar refractivity (Wildman–Crippen MR) is 96.6 cm³/mol. The fourth-order valence-electron chi connectivity index (χ4n) is 3.85. The highest BCUT2D eigenvalue weighted by molar-refractivity contribution is 7.89. The molecule has 1 heterocycles. The zero-order valence-electron chi connectivity index (χ0n) is 14.0. The molecule has 4 nitrogen and oxygen atoms in total. The van der Waals surface area contributed by atoms with Crippen LogP contribution in [0.25, 0.3) is 0 Å². The molecule has 1 aromatic rings. The first-order chi connectivity index (χ1) is 11.5. The molecule has 0 spiro atoms. The number of halogens is 1. The Morgan fingerprint density at radius 3 is 2.75 bits per heavy atom. The molecule has 0 aromatic heterocycles. The van der Waals surface area contributed by atoms with E-state index in [9.17, 15) is 8.42 Å². The summed E-state index contributed by atoms with van der Waals surface area (Å²) >= 11 is 6.07. The van der Waals surface area contributed by atoms with Gasteiger partial charge in [-0.05, 0) is 30.0 Å². The molecule has 1 saturated heterocycles. The maximum atomic E-state index is 12.8. The van der Waals surface area contributed by atoms with Crippen LogP contribution in [0.4, 0.5) is 0 Å². The van der Waals surface area contributed by atoms with Crippen LogP contribution in [-0.2, 0) is 21.3 Å². The van der Waals surface area contributed by atoms with Crippen LogP contribution < -0.4 is 0 Å². The van der Waals surface area contributed by atoms with Crippen LogP contribution >= 0.6 is 11.6 Å². The lowest BCUT2D eigenvalue weighted by atomic mass is 9.85. The van der Waals surface area contributed by atoms with Gasteiger partial charge in [0.15, 0.2) is 0 Å². The number of nitrogens with zero attached hydrogens (tertiary/aromatic N) is 1. The van der Waals surface area contributed by atoms with E-state index in [0.29, 0.717) is 24.1 Å². The van der Waals surface area contributed by atoms with Gasteiger partial charge in [-0.1, -0.05) is 55.8 Å². The van der Waals surface area contributed by atoms with Gasteiger partial charge in [0, 0.05) is 17.6 Å². The molecule has 2 fully saturated rings. The lowest BCUT2D eigenvalue weighted by Gasteiger charge is -2.32. The third-order valence-corrected chi connectivity index (χ3v) is 7.18. The van der Waals surface area contributed by atoms with E-state index < -0.39 is 10.0 Å². The first kappa shape index (κ1) is 18.2. The second-order valence-corrected chi connectivity index (χ2v) is 9.44. The molecule has 1 aromatic carbocycles. The van der Waals surface area contributed by atoms with Gasteiger partial charge in [0.2, 0.25) is 10.0 Å². The Balaban J connectivity index is 1.79. The van der Waals surface area contributed by atoms with Crippen molar-refractivity contribution in [2.24, 2.45) is 5.92 Å². The fraction of sp³-hybridized carbons (Fsp3) is 0.667. The number of hydrogen-bond acceptors (Lipinski definition) is 3. The Bertz CT molecular complexity index is 643. The smallest absolute Gasteiger partial charge is 0.217 e. The molecule has 1 aliphatic carbocycles. The van der Waals surface area contributed by atoms with Gasteiger partial charge < -0.3 is 4.74 Å². The van der Waals surface area contributed by atoms with Gasteiger partial charge in [-0.15, -0.1) is 0 Å². The second kappa shape index (κ2) is 8.17. The maximum Gasteiger partial charge on any atom is 0.217 e. The third-order valence-electron chi connectivity index (χ3n) is 5.12. The van der Waals surface area contributed by atoms with Crippen molar-refractivity contribution in [3.8, 4) is 0 Å². The molecule has 1 atom stereocenters. The number of ether oxygens (including phenoxy) is 1. The maximum absolute atomic E-state index is 12.8. The van der Waals surface area contributed by atoms with Crippen LogP contribution in [0.3, 0.4) is 0 Å². The van der Waals surface area contributed by atoms with E-state index in [1.54, 1.807) is 4.31 Å². The summed E-state index contributed by atoms with van der Waals surface area (Å²) in [7, 11) is -3.31. The van der Waals surface area contributed by atoms with Crippen LogP contribution in [0.15, 0.2) is 24.3 Å². The summed E-state index contributed by atoms with van der Waals surface area (Å²) < 4.78 is 32.8. The van der Waals surface area contributed by atoms with Crippen LogP contribution in [0, 0.1) is 5.92 Å². The van der Waals surface area contributed by atoms with E-state index in [1.807, 2.05) is 24.3 Å². The molecule has 0 N–H and O–H groups in total. The molecule has 0 radical (unpaired) electrons. The summed E-state index contributed by atoms with van der Waals surface area (Å²) in [6.07, 6.45) is 7.16. The quantitative estimate of drug-likeness (QED) is 0.807. The topological polar surface area (TPSA) is 46.6 Å². The second-order valence-electron chi connectivity index (χ2n) is 6.96. The molecule has 0 amide bonds. The molecule has 1 saturated carbocycles. The van der Waals surface area contributed by atoms with Crippen molar-refractivity contribution in [3.05, 3.63) is 34.9 Å². The van der Waals surface area contributed by atoms with Crippen LogP contribution in [0.2, 0.25) is 5.02 Å². The van der Waals surface area contributed by atoms with E-state index in [4.69, 9.17) is 16.3 Å². The summed E-state index contributed by atoms with van der Waals surface area (Å²) in [5.74, 6) is 0.678. The van der Waals surface area contributed by atoms with Gasteiger partial charge in [0.25, 0.3) is 0 Å². The molecule has 0 bridgehead atoms. The summed E-state index contributed by atoms with van der Waals surface area (Å²) in [5, 5.41) is 0.639. The molecule has 1 aliphatic heterocycles. The molecule has 24 heavy (non-hydrogen) atoms. The normalized spacial score (nSPS) is 26.1. The minimum atomic E-state index is -3.31. The SMILES string of the molecule is O=S1(=O)CCOC[C@H](CC2CCCCC2)N1Cc1cccc(Cl)c1. The summed E-state index contributed by atoms with van der Waals surface area (Å²) in [5.41, 5.74) is 0.932. The van der Waals surface area contributed by atoms with Crippen LogP contribution in [0.5, 0.6) is 0 Å². The third kappa shape index (κ3) is 4.72. The van der Waals surface area contributed by atoms with Crippen LogP contribution in [0.1, 0.15) is 44.1 Å². The monoisotopic (exact) mass is 371 g/mol. The molecule has 134 valence electrons. The standard InChI is InChI=1S/C18H26ClNO3S/c19-17-8-4-7-16(11-17)13-20-18(12-15-5-2-1-3-6-15)14-23-9-10-24(20,21)22/h4,7-8,11,15,18H,1-3,5-6,9-10,12-14H2/t18-/m0/s1. The van der Waals surface area contributed by atoms with Crippen molar-refractivity contribution in [1.82, 2.24) is 4.31 Å². The molecule has 3 rings (SSSR count). The van der Waals surface area contributed by atoms with Gasteiger partial charge in [-0.25, -0.2) is 8.42 Å². The van der Waals surface area contributed by atoms with Gasteiger partial charge in [-0.3, -0.25) is 0 Å². The van der Waals surface area contributed by atoms with E-state index in [0.717, 1.165) is 12.0 Å². The van der Waals surface area contributed by atoms with Crippen molar-refractivity contribution in [2.75, 3.05) is 19.0 Å². The average Bonchev–Trinajstić information content (AvgIpc) is 2.69. The first-order valence-electron chi connectivity index (χ1n) is 8.86. The number of rotatable bonds is 4. The molecular weight excluding hydrogens is 346 g/mol. The Morgan fingerprint density at radius 1 is 1.21 bits per heavy atom. The molecular formula is C18H26ClNO3S. The molecule has 0 unspecified atom stereocenters. The highest BCUT2D eigenvalue weighted by Crippen LogP contribution is 2.31. The van der Waals surface area contributed by atoms with E-state index in [1.165, 1.54) is 32.1 Å². The lowest BCUT2D eigenvalue weighted by Crippen LogP contribution is -2.42. The Hall–Kier alpha value is -0.620. The van der Waals surface area contributed by atoms with Crippen molar-refractivity contribution >= 4 is 21.6 Å². The molecule has 6 heteroatoms. The van der Waals surface area contributed by atoms with Gasteiger partial charge in [-0.2, -0.15) is 4.31 Å². The fourth-order valence-corrected chi connectivity index (χ4v) is 5.57. The highest BCUT2D eigenvalue weighted by atomic mass is 35.5.